The summed E-state index contributed by atoms with van der Waals surface area (Å²) in [4.78, 5) is 45.2. The van der Waals surface area contributed by atoms with Crippen LogP contribution in [0, 0.1) is 39.5 Å². The fourth-order valence-corrected chi connectivity index (χ4v) is 6.74. The predicted molar refractivity (Wildman–Crippen MR) is 121 cm³/mol. The van der Waals surface area contributed by atoms with Gasteiger partial charge in [0, 0.05) is 17.3 Å². The van der Waals surface area contributed by atoms with Crippen molar-refractivity contribution in [3.63, 3.8) is 0 Å². The van der Waals surface area contributed by atoms with Gasteiger partial charge >= 0.3 is 0 Å². The largest absolute Gasteiger partial charge is 0.324 e. The Kier molecular flexibility index (Phi) is 3.87. The van der Waals surface area contributed by atoms with E-state index in [2.05, 4.69) is 10.2 Å². The minimum atomic E-state index is -1.11. The highest BCUT2D eigenvalue weighted by atomic mass is 16.2. The Morgan fingerprint density at radius 1 is 0.938 bits per heavy atom. The molecule has 32 heavy (non-hydrogen) atoms. The number of rotatable bonds is 1. The van der Waals surface area contributed by atoms with Crippen LogP contribution >= 0.6 is 0 Å². The monoisotopic (exact) mass is 429 g/mol. The number of imide groups is 1. The van der Waals surface area contributed by atoms with E-state index in [1.54, 1.807) is 0 Å². The van der Waals surface area contributed by atoms with Crippen molar-refractivity contribution in [2.24, 2.45) is 11.8 Å². The molecule has 0 radical (unpaired) electrons. The number of nitrogens with one attached hydrogen (secondary N) is 1. The molecule has 3 fully saturated rings. The number of fused-ring (bicyclic) bond motifs is 7. The number of anilines is 2. The molecular weight excluding hydrogens is 402 g/mol. The molecule has 3 amide bonds. The van der Waals surface area contributed by atoms with E-state index in [0.29, 0.717) is 5.69 Å². The topological polar surface area (TPSA) is 69.7 Å². The number of hydrogen-bond acceptors (Lipinski definition) is 4. The van der Waals surface area contributed by atoms with Crippen molar-refractivity contribution in [3.05, 3.63) is 58.1 Å². The summed E-state index contributed by atoms with van der Waals surface area (Å²) < 4.78 is 0. The zero-order valence-electron chi connectivity index (χ0n) is 18.9. The van der Waals surface area contributed by atoms with Crippen LogP contribution in [-0.2, 0) is 19.9 Å². The molecule has 4 heterocycles. The van der Waals surface area contributed by atoms with E-state index in [1.165, 1.54) is 4.90 Å². The molecule has 6 rings (SSSR count). The fraction of sp³-hybridized carbons (Fsp3) is 0.423. The molecule has 0 bridgehead atoms. The van der Waals surface area contributed by atoms with Crippen LogP contribution < -0.4 is 10.2 Å². The third-order valence-electron chi connectivity index (χ3n) is 8.52. The molecular formula is C26H27N3O3. The van der Waals surface area contributed by atoms with E-state index in [4.69, 9.17) is 0 Å². The zero-order valence-corrected chi connectivity index (χ0v) is 18.9. The predicted octanol–water partition coefficient (Wildman–Crippen LogP) is 3.35. The quantitative estimate of drug-likeness (QED) is 0.706. The number of carbonyl (C=O) groups excluding carboxylic acids is 3. The van der Waals surface area contributed by atoms with Crippen molar-refractivity contribution in [3.8, 4) is 0 Å². The molecule has 6 nitrogen and oxygen atoms in total. The Bertz CT molecular complexity index is 1240. The van der Waals surface area contributed by atoms with Crippen molar-refractivity contribution in [2.75, 3.05) is 16.8 Å². The molecule has 1 N–H and O–H groups in total. The van der Waals surface area contributed by atoms with Gasteiger partial charge in [0.1, 0.15) is 5.54 Å². The lowest BCUT2D eigenvalue weighted by atomic mass is 9.75. The first-order chi connectivity index (χ1) is 15.3. The van der Waals surface area contributed by atoms with Gasteiger partial charge in [-0.3, -0.25) is 19.3 Å². The Morgan fingerprint density at radius 2 is 1.69 bits per heavy atom. The zero-order chi connectivity index (χ0) is 22.5. The lowest BCUT2D eigenvalue weighted by molar-refractivity contribution is -0.135. The SMILES string of the molecule is Cc1cccc(N2C(=O)C3C4CCCN4C4(C(=O)Nc5c4ccc(C)c5C)C3C2=O)c1C. The maximum Gasteiger partial charge on any atom is 0.250 e. The van der Waals surface area contributed by atoms with Crippen molar-refractivity contribution < 1.29 is 14.4 Å². The van der Waals surface area contributed by atoms with Gasteiger partial charge < -0.3 is 5.32 Å². The Labute approximate surface area is 187 Å². The number of hydrogen-bond donors (Lipinski definition) is 1. The number of amides is 3. The normalized spacial score (nSPS) is 30.8. The van der Waals surface area contributed by atoms with Gasteiger partial charge in [0.25, 0.3) is 0 Å². The highest BCUT2D eigenvalue weighted by Gasteiger charge is 2.74. The first-order valence-electron chi connectivity index (χ1n) is 11.4. The molecule has 4 aliphatic heterocycles. The summed E-state index contributed by atoms with van der Waals surface area (Å²) in [5.74, 6) is -1.77. The molecule has 4 atom stereocenters. The van der Waals surface area contributed by atoms with Gasteiger partial charge in [0.15, 0.2) is 0 Å². The second-order valence-corrected chi connectivity index (χ2v) is 9.79. The van der Waals surface area contributed by atoms with Crippen LogP contribution in [0.25, 0.3) is 0 Å². The minimum Gasteiger partial charge on any atom is -0.324 e. The molecule has 164 valence electrons. The summed E-state index contributed by atoms with van der Waals surface area (Å²) in [7, 11) is 0. The van der Waals surface area contributed by atoms with Crippen LogP contribution in [0.4, 0.5) is 11.4 Å². The van der Waals surface area contributed by atoms with E-state index in [9.17, 15) is 14.4 Å². The van der Waals surface area contributed by atoms with E-state index < -0.39 is 17.4 Å². The lowest BCUT2D eigenvalue weighted by Crippen LogP contribution is -2.54. The molecule has 0 saturated carbocycles. The molecule has 2 aromatic carbocycles. The highest BCUT2D eigenvalue weighted by Crippen LogP contribution is 2.61. The molecule has 6 heteroatoms. The summed E-state index contributed by atoms with van der Waals surface area (Å²) >= 11 is 0. The van der Waals surface area contributed by atoms with Crippen LogP contribution in [0.3, 0.4) is 0 Å². The number of carbonyl (C=O) groups is 3. The summed E-state index contributed by atoms with van der Waals surface area (Å²) in [6.07, 6.45) is 1.75. The Hall–Kier alpha value is -2.99. The fourth-order valence-electron chi connectivity index (χ4n) is 6.74. The van der Waals surface area contributed by atoms with Crippen LogP contribution in [0.15, 0.2) is 30.3 Å². The van der Waals surface area contributed by atoms with Crippen LogP contribution in [0.5, 0.6) is 0 Å². The first-order valence-corrected chi connectivity index (χ1v) is 11.4. The van der Waals surface area contributed by atoms with Gasteiger partial charge in [-0.1, -0.05) is 24.3 Å². The van der Waals surface area contributed by atoms with Crippen molar-refractivity contribution in [1.82, 2.24) is 4.90 Å². The maximum absolute atomic E-state index is 14.1. The summed E-state index contributed by atoms with van der Waals surface area (Å²) in [6.45, 7) is 8.68. The number of aryl methyl sites for hydroxylation is 2. The molecule has 4 unspecified atom stereocenters. The van der Waals surface area contributed by atoms with Crippen molar-refractivity contribution >= 4 is 29.1 Å². The van der Waals surface area contributed by atoms with Gasteiger partial charge in [-0.2, -0.15) is 0 Å². The average Bonchev–Trinajstić information content (AvgIpc) is 3.46. The van der Waals surface area contributed by atoms with Crippen molar-refractivity contribution in [1.29, 1.82) is 0 Å². The summed E-state index contributed by atoms with van der Waals surface area (Å²) in [5, 5.41) is 3.11. The standard InChI is InChI=1S/C26H27N3O3/c1-13-7-5-8-18(15(13)3)29-23(30)20-19-9-6-12-28(19)26(21(20)24(29)31)17-11-10-14(2)16(4)22(17)27-25(26)32/h5,7-8,10-11,19-21H,6,9,12H2,1-4H3,(H,27,32). The van der Waals surface area contributed by atoms with Gasteiger partial charge in [-0.25, -0.2) is 4.90 Å². The first kappa shape index (κ1) is 19.7. The van der Waals surface area contributed by atoms with E-state index in [0.717, 1.165) is 52.9 Å². The Balaban J connectivity index is 1.58. The van der Waals surface area contributed by atoms with E-state index >= 15 is 0 Å². The second kappa shape index (κ2) is 6.29. The number of nitrogens with zero attached hydrogens (tertiary/aromatic N) is 2. The molecule has 3 saturated heterocycles. The molecule has 1 spiro atoms. The third-order valence-corrected chi connectivity index (χ3v) is 8.52. The second-order valence-electron chi connectivity index (χ2n) is 9.79. The van der Waals surface area contributed by atoms with Gasteiger partial charge in [0.05, 0.1) is 17.5 Å². The third kappa shape index (κ3) is 2.07. The van der Waals surface area contributed by atoms with Gasteiger partial charge in [0.2, 0.25) is 17.7 Å². The minimum absolute atomic E-state index is 0.0927. The van der Waals surface area contributed by atoms with E-state index in [-0.39, 0.29) is 23.8 Å². The molecule has 2 aromatic rings. The smallest absolute Gasteiger partial charge is 0.250 e. The van der Waals surface area contributed by atoms with Crippen LogP contribution in [-0.4, -0.2) is 35.2 Å². The maximum atomic E-state index is 14.1. The van der Waals surface area contributed by atoms with E-state index in [1.807, 2.05) is 58.0 Å². The summed E-state index contributed by atoms with van der Waals surface area (Å²) in [6, 6.07) is 9.63. The summed E-state index contributed by atoms with van der Waals surface area (Å²) in [5.41, 5.74) is 5.28. The Morgan fingerprint density at radius 3 is 2.47 bits per heavy atom. The molecule has 0 aliphatic carbocycles. The molecule has 4 aliphatic rings. The van der Waals surface area contributed by atoms with Crippen molar-refractivity contribution in [2.45, 2.75) is 52.1 Å². The van der Waals surface area contributed by atoms with Gasteiger partial charge in [-0.15, -0.1) is 0 Å². The average molecular weight is 430 g/mol. The number of benzene rings is 2. The van der Waals surface area contributed by atoms with Crippen LogP contribution in [0.1, 0.15) is 40.7 Å². The highest BCUT2D eigenvalue weighted by molar-refractivity contribution is 6.26. The lowest BCUT2D eigenvalue weighted by Gasteiger charge is -2.37. The molecule has 0 aromatic heterocycles. The van der Waals surface area contributed by atoms with Gasteiger partial charge in [-0.05, 0) is 75.4 Å². The van der Waals surface area contributed by atoms with Crippen LogP contribution in [0.2, 0.25) is 0 Å².